The number of rotatable bonds is 10. The Hall–Kier alpha value is -0.700. The predicted molar refractivity (Wildman–Crippen MR) is 93.2 cm³/mol. The molecule has 0 bridgehead atoms. The highest BCUT2D eigenvalue weighted by Crippen LogP contribution is 2.26. The average molecular weight is 362 g/mol. The minimum Gasteiger partial charge on any atom is -0.381 e. The first-order valence-corrected chi connectivity index (χ1v) is 10.7. The van der Waals surface area contributed by atoms with Gasteiger partial charge in [-0.15, -0.1) is 0 Å². The lowest BCUT2D eigenvalue weighted by Crippen LogP contribution is -2.44. The zero-order valence-electron chi connectivity index (χ0n) is 14.6. The minimum absolute atomic E-state index is 0.118. The number of nitrogens with one attached hydrogen (secondary N) is 2. The van der Waals surface area contributed by atoms with Gasteiger partial charge < -0.3 is 15.0 Å². The molecule has 2 aliphatic rings. The molecule has 1 atom stereocenters. The molecule has 2 fully saturated rings. The molecule has 24 heavy (non-hydrogen) atoms. The Labute approximate surface area is 145 Å². The molecule has 2 rings (SSSR count). The molecule has 1 aliphatic carbocycles. The van der Waals surface area contributed by atoms with E-state index in [1.54, 1.807) is 0 Å². The van der Waals surface area contributed by atoms with Gasteiger partial charge in [-0.25, -0.2) is 13.1 Å². The average Bonchev–Trinajstić information content (AvgIpc) is 3.18. The molecule has 0 aromatic heterocycles. The van der Waals surface area contributed by atoms with Gasteiger partial charge in [0, 0.05) is 32.3 Å². The molecule has 2 N–H and O–H groups in total. The molecule has 0 unspecified atom stereocenters. The Morgan fingerprint density at radius 2 is 2.00 bits per heavy atom. The second-order valence-electron chi connectivity index (χ2n) is 6.80. The lowest BCUT2D eigenvalue weighted by molar-refractivity contribution is -0.120. The van der Waals surface area contributed by atoms with Crippen molar-refractivity contribution >= 4 is 15.9 Å². The van der Waals surface area contributed by atoms with Gasteiger partial charge >= 0.3 is 0 Å². The van der Waals surface area contributed by atoms with Crippen LogP contribution < -0.4 is 10.0 Å². The Morgan fingerprint density at radius 3 is 2.71 bits per heavy atom. The van der Waals surface area contributed by atoms with E-state index in [-0.39, 0.29) is 30.9 Å². The van der Waals surface area contributed by atoms with Gasteiger partial charge in [-0.3, -0.25) is 4.79 Å². The summed E-state index contributed by atoms with van der Waals surface area (Å²) in [6.07, 6.45) is 6.30. The van der Waals surface area contributed by atoms with E-state index >= 15 is 0 Å². The van der Waals surface area contributed by atoms with Gasteiger partial charge in [0.2, 0.25) is 15.9 Å². The van der Waals surface area contributed by atoms with E-state index in [0.29, 0.717) is 6.61 Å². The number of ether oxygens (including phenoxy) is 1. The molecule has 1 amide bonds. The highest BCUT2D eigenvalue weighted by molar-refractivity contribution is 7.89. The summed E-state index contributed by atoms with van der Waals surface area (Å²) in [6, 6.07) is 0.131. The maximum absolute atomic E-state index is 11.9. The zero-order valence-corrected chi connectivity index (χ0v) is 15.4. The number of hydrogen-bond donors (Lipinski definition) is 2. The summed E-state index contributed by atoms with van der Waals surface area (Å²) < 4.78 is 30.8. The van der Waals surface area contributed by atoms with Crippen LogP contribution in [0.15, 0.2) is 0 Å². The molecule has 1 saturated carbocycles. The van der Waals surface area contributed by atoms with Crippen molar-refractivity contribution in [3.8, 4) is 0 Å². The highest BCUT2D eigenvalue weighted by Gasteiger charge is 2.27. The third-order valence-corrected chi connectivity index (χ3v) is 6.07. The molecule has 0 aromatic carbocycles. The van der Waals surface area contributed by atoms with E-state index in [0.717, 1.165) is 32.0 Å². The monoisotopic (exact) mass is 361 g/mol. The Balaban J connectivity index is 1.62. The minimum atomic E-state index is -3.46. The zero-order chi connectivity index (χ0) is 17.4. The highest BCUT2D eigenvalue weighted by atomic mass is 32.2. The van der Waals surface area contributed by atoms with Crippen LogP contribution in [0.2, 0.25) is 0 Å². The van der Waals surface area contributed by atoms with Crippen molar-refractivity contribution in [2.75, 3.05) is 45.1 Å². The first-order chi connectivity index (χ1) is 11.5. The predicted octanol–water partition coefficient (Wildman–Crippen LogP) is 0.323. The van der Waals surface area contributed by atoms with Crippen LogP contribution in [0, 0.1) is 5.92 Å². The molecule has 8 heteroatoms. The molecule has 1 heterocycles. The lowest BCUT2D eigenvalue weighted by atomic mass is 10.1. The largest absolute Gasteiger partial charge is 0.381 e. The Bertz CT molecular complexity index is 492. The first kappa shape index (κ1) is 19.6. The van der Waals surface area contributed by atoms with E-state index in [1.807, 2.05) is 6.92 Å². The first-order valence-electron chi connectivity index (χ1n) is 9.05. The summed E-state index contributed by atoms with van der Waals surface area (Å²) in [5.74, 6) is 0.437. The van der Waals surface area contributed by atoms with Crippen LogP contribution in [0.4, 0.5) is 0 Å². The Morgan fingerprint density at radius 1 is 1.25 bits per heavy atom. The number of amides is 1. The van der Waals surface area contributed by atoms with Crippen LogP contribution >= 0.6 is 0 Å². The molecular formula is C16H31N3O4S. The summed E-state index contributed by atoms with van der Waals surface area (Å²) in [4.78, 5) is 14.4. The SMILES string of the molecule is CCOCCS(=O)(=O)NCC(=O)N[C@H]1CCN(CC2CCCC2)C1. The van der Waals surface area contributed by atoms with E-state index in [4.69, 9.17) is 4.74 Å². The summed E-state index contributed by atoms with van der Waals surface area (Å²) in [5, 5.41) is 2.93. The van der Waals surface area contributed by atoms with Gasteiger partial charge in [-0.2, -0.15) is 0 Å². The smallest absolute Gasteiger partial charge is 0.235 e. The van der Waals surface area contributed by atoms with Gasteiger partial charge in [-0.1, -0.05) is 12.8 Å². The van der Waals surface area contributed by atoms with Gasteiger partial charge in [0.05, 0.1) is 18.9 Å². The quantitative estimate of drug-likeness (QED) is 0.547. The van der Waals surface area contributed by atoms with Crippen molar-refractivity contribution in [2.45, 2.75) is 45.1 Å². The summed E-state index contributed by atoms with van der Waals surface area (Å²) in [7, 11) is -3.46. The molecular weight excluding hydrogens is 330 g/mol. The number of carbonyl (C=O) groups is 1. The molecule has 1 saturated heterocycles. The van der Waals surface area contributed by atoms with Crippen molar-refractivity contribution in [3.05, 3.63) is 0 Å². The van der Waals surface area contributed by atoms with Crippen molar-refractivity contribution in [2.24, 2.45) is 5.92 Å². The van der Waals surface area contributed by atoms with Crippen molar-refractivity contribution < 1.29 is 17.9 Å². The molecule has 0 aromatic rings. The van der Waals surface area contributed by atoms with E-state index in [1.165, 1.54) is 25.7 Å². The van der Waals surface area contributed by atoms with Crippen LogP contribution in [-0.2, 0) is 19.6 Å². The molecule has 7 nitrogen and oxygen atoms in total. The molecule has 0 radical (unpaired) electrons. The summed E-state index contributed by atoms with van der Waals surface area (Å²) >= 11 is 0. The second kappa shape index (κ2) is 9.70. The number of hydrogen-bond acceptors (Lipinski definition) is 5. The normalized spacial score (nSPS) is 23.0. The third kappa shape index (κ3) is 7.04. The van der Waals surface area contributed by atoms with Crippen molar-refractivity contribution in [3.63, 3.8) is 0 Å². The van der Waals surface area contributed by atoms with Crippen LogP contribution in [0.1, 0.15) is 39.0 Å². The van der Waals surface area contributed by atoms with Gasteiger partial charge in [0.15, 0.2) is 0 Å². The number of nitrogens with zero attached hydrogens (tertiary/aromatic N) is 1. The molecule has 140 valence electrons. The molecule has 1 aliphatic heterocycles. The van der Waals surface area contributed by atoms with E-state index < -0.39 is 10.0 Å². The third-order valence-electron chi connectivity index (χ3n) is 4.78. The fourth-order valence-corrected chi connectivity index (χ4v) is 4.35. The summed E-state index contributed by atoms with van der Waals surface area (Å²) in [5.41, 5.74) is 0. The topological polar surface area (TPSA) is 87.7 Å². The van der Waals surface area contributed by atoms with E-state index in [2.05, 4.69) is 14.9 Å². The maximum atomic E-state index is 11.9. The number of likely N-dealkylation sites (tertiary alicyclic amines) is 1. The van der Waals surface area contributed by atoms with Crippen molar-refractivity contribution in [1.29, 1.82) is 0 Å². The summed E-state index contributed by atoms with van der Waals surface area (Å²) in [6.45, 7) is 5.26. The van der Waals surface area contributed by atoms with Crippen LogP contribution in [0.25, 0.3) is 0 Å². The number of sulfonamides is 1. The fourth-order valence-electron chi connectivity index (χ4n) is 3.51. The number of carbonyl (C=O) groups excluding carboxylic acids is 1. The van der Waals surface area contributed by atoms with Gasteiger partial charge in [0.1, 0.15) is 0 Å². The Kier molecular flexibility index (Phi) is 7.93. The lowest BCUT2D eigenvalue weighted by Gasteiger charge is -2.20. The van der Waals surface area contributed by atoms with E-state index in [9.17, 15) is 13.2 Å². The maximum Gasteiger partial charge on any atom is 0.235 e. The standard InChI is InChI=1S/C16H31N3O4S/c1-2-23-9-10-24(21,22)17-11-16(20)18-15-7-8-19(13-15)12-14-5-3-4-6-14/h14-15,17H,2-13H2,1H3,(H,18,20)/t15-/m0/s1. The fraction of sp³-hybridized carbons (Fsp3) is 0.938. The van der Waals surface area contributed by atoms with Gasteiger partial charge in [-0.05, 0) is 32.1 Å². The molecule has 0 spiro atoms. The van der Waals surface area contributed by atoms with Crippen molar-refractivity contribution in [1.82, 2.24) is 14.9 Å². The van der Waals surface area contributed by atoms with Crippen LogP contribution in [0.5, 0.6) is 0 Å². The van der Waals surface area contributed by atoms with Gasteiger partial charge in [0.25, 0.3) is 0 Å². The van der Waals surface area contributed by atoms with Crippen LogP contribution in [-0.4, -0.2) is 70.4 Å². The van der Waals surface area contributed by atoms with Crippen LogP contribution in [0.3, 0.4) is 0 Å². The second-order valence-corrected chi connectivity index (χ2v) is 8.73.